The monoisotopic (exact) mass is 287 g/mol. The first-order chi connectivity index (χ1) is 10.2. The molecule has 0 radical (unpaired) electrons. The standard InChI is InChI=1S/C18H25NO2/c1-13-11-19(12-16(13)18(20)21)17-10-6-5-9-15(17)14-7-3-2-4-8-14/h2-4,7-8,13,15-17H,5-6,9-12H2,1H3,(H,20,21)/t13-,15?,16-,17?/m1/s1. The third kappa shape index (κ3) is 2.98. The summed E-state index contributed by atoms with van der Waals surface area (Å²) in [7, 11) is 0. The maximum absolute atomic E-state index is 11.4. The number of carboxylic acids is 1. The van der Waals surface area contributed by atoms with E-state index in [1.165, 1.54) is 31.2 Å². The molecule has 3 heteroatoms. The van der Waals surface area contributed by atoms with Crippen LogP contribution in [0.15, 0.2) is 30.3 Å². The largest absolute Gasteiger partial charge is 0.481 e. The maximum Gasteiger partial charge on any atom is 0.308 e. The molecule has 3 rings (SSSR count). The maximum atomic E-state index is 11.4. The molecule has 21 heavy (non-hydrogen) atoms. The Bertz CT molecular complexity index is 487. The Hall–Kier alpha value is -1.35. The van der Waals surface area contributed by atoms with E-state index in [0.29, 0.717) is 12.0 Å². The molecule has 0 aromatic heterocycles. The summed E-state index contributed by atoms with van der Waals surface area (Å²) in [5.74, 6) is 0.0148. The van der Waals surface area contributed by atoms with Crippen molar-refractivity contribution in [1.82, 2.24) is 4.90 Å². The Morgan fingerprint density at radius 2 is 1.86 bits per heavy atom. The minimum absolute atomic E-state index is 0.191. The molecule has 1 aliphatic heterocycles. The average Bonchev–Trinajstić information content (AvgIpc) is 2.90. The molecule has 1 aromatic carbocycles. The van der Waals surface area contributed by atoms with E-state index in [-0.39, 0.29) is 11.8 Å². The number of hydrogen-bond acceptors (Lipinski definition) is 2. The highest BCUT2D eigenvalue weighted by molar-refractivity contribution is 5.71. The highest BCUT2D eigenvalue weighted by atomic mass is 16.4. The van der Waals surface area contributed by atoms with Crippen molar-refractivity contribution < 1.29 is 9.90 Å². The van der Waals surface area contributed by atoms with Gasteiger partial charge in [0.1, 0.15) is 0 Å². The second-order valence-electron chi connectivity index (χ2n) is 6.74. The number of hydrogen-bond donors (Lipinski definition) is 1. The summed E-state index contributed by atoms with van der Waals surface area (Å²) in [6.45, 7) is 3.74. The van der Waals surface area contributed by atoms with Gasteiger partial charge in [0.15, 0.2) is 0 Å². The van der Waals surface area contributed by atoms with Gasteiger partial charge in [-0.15, -0.1) is 0 Å². The quantitative estimate of drug-likeness (QED) is 0.926. The fraction of sp³-hybridized carbons (Fsp3) is 0.611. The molecule has 114 valence electrons. The number of nitrogens with zero attached hydrogens (tertiary/aromatic N) is 1. The molecule has 4 atom stereocenters. The van der Waals surface area contributed by atoms with Gasteiger partial charge in [0.25, 0.3) is 0 Å². The zero-order valence-corrected chi connectivity index (χ0v) is 12.7. The van der Waals surface area contributed by atoms with Crippen LogP contribution >= 0.6 is 0 Å². The van der Waals surface area contributed by atoms with Crippen LogP contribution in [0.3, 0.4) is 0 Å². The van der Waals surface area contributed by atoms with Gasteiger partial charge in [0.2, 0.25) is 0 Å². The molecule has 3 nitrogen and oxygen atoms in total. The van der Waals surface area contributed by atoms with Crippen molar-refractivity contribution >= 4 is 5.97 Å². The van der Waals surface area contributed by atoms with Crippen molar-refractivity contribution in [1.29, 1.82) is 0 Å². The van der Waals surface area contributed by atoms with E-state index in [1.807, 2.05) is 0 Å². The van der Waals surface area contributed by atoms with Gasteiger partial charge in [0.05, 0.1) is 5.92 Å². The molecular formula is C18H25NO2. The van der Waals surface area contributed by atoms with E-state index in [9.17, 15) is 9.90 Å². The zero-order valence-electron chi connectivity index (χ0n) is 12.7. The lowest BCUT2D eigenvalue weighted by Gasteiger charge is -2.38. The van der Waals surface area contributed by atoms with Gasteiger partial charge < -0.3 is 5.11 Å². The first-order valence-electron chi connectivity index (χ1n) is 8.18. The fourth-order valence-electron chi connectivity index (χ4n) is 4.23. The number of rotatable bonds is 3. The summed E-state index contributed by atoms with van der Waals surface area (Å²) >= 11 is 0. The van der Waals surface area contributed by atoms with Gasteiger partial charge in [-0.25, -0.2) is 0 Å². The van der Waals surface area contributed by atoms with E-state index >= 15 is 0 Å². The molecule has 2 aliphatic rings. The lowest BCUT2D eigenvalue weighted by molar-refractivity contribution is -0.142. The van der Waals surface area contributed by atoms with Crippen LogP contribution < -0.4 is 0 Å². The Morgan fingerprint density at radius 1 is 1.14 bits per heavy atom. The van der Waals surface area contributed by atoms with E-state index in [4.69, 9.17) is 0 Å². The predicted molar refractivity (Wildman–Crippen MR) is 83.3 cm³/mol. The van der Waals surface area contributed by atoms with Crippen molar-refractivity contribution in [3.63, 3.8) is 0 Å². The van der Waals surface area contributed by atoms with Gasteiger partial charge >= 0.3 is 5.97 Å². The molecule has 0 spiro atoms. The Labute approximate surface area is 127 Å². The Kier molecular flexibility index (Phi) is 4.29. The SMILES string of the molecule is C[C@@H]1CN(C2CCCCC2c2ccccc2)C[C@H]1C(=O)O. The van der Waals surface area contributed by atoms with Gasteiger partial charge in [-0.1, -0.05) is 50.1 Å². The van der Waals surface area contributed by atoms with E-state index in [2.05, 4.69) is 42.2 Å². The Morgan fingerprint density at radius 3 is 2.52 bits per heavy atom. The van der Waals surface area contributed by atoms with E-state index in [0.717, 1.165) is 13.1 Å². The van der Waals surface area contributed by atoms with Gasteiger partial charge in [-0.3, -0.25) is 9.69 Å². The topological polar surface area (TPSA) is 40.5 Å². The lowest BCUT2D eigenvalue weighted by atomic mass is 9.79. The summed E-state index contributed by atoms with van der Waals surface area (Å²) in [4.78, 5) is 13.8. The number of benzene rings is 1. The van der Waals surface area contributed by atoms with Crippen LogP contribution in [0.2, 0.25) is 0 Å². The van der Waals surface area contributed by atoms with Crippen molar-refractivity contribution in [2.45, 2.75) is 44.6 Å². The minimum Gasteiger partial charge on any atom is -0.481 e. The summed E-state index contributed by atoms with van der Waals surface area (Å²) in [6.07, 6.45) is 5.01. The summed E-state index contributed by atoms with van der Waals surface area (Å²) in [5.41, 5.74) is 1.42. The van der Waals surface area contributed by atoms with Crippen LogP contribution in [0.25, 0.3) is 0 Å². The molecule has 2 unspecified atom stereocenters. The zero-order chi connectivity index (χ0) is 14.8. The molecular weight excluding hydrogens is 262 g/mol. The van der Waals surface area contributed by atoms with Crippen molar-refractivity contribution in [3.05, 3.63) is 35.9 Å². The highest BCUT2D eigenvalue weighted by Gasteiger charge is 2.40. The summed E-state index contributed by atoms with van der Waals surface area (Å²) in [5, 5.41) is 9.36. The van der Waals surface area contributed by atoms with Gasteiger partial charge in [-0.2, -0.15) is 0 Å². The highest BCUT2D eigenvalue weighted by Crippen LogP contribution is 2.39. The number of likely N-dealkylation sites (tertiary alicyclic amines) is 1. The van der Waals surface area contributed by atoms with Crippen LogP contribution in [0.5, 0.6) is 0 Å². The van der Waals surface area contributed by atoms with Crippen LogP contribution in [-0.4, -0.2) is 35.1 Å². The smallest absolute Gasteiger partial charge is 0.308 e. The van der Waals surface area contributed by atoms with Crippen molar-refractivity contribution in [2.75, 3.05) is 13.1 Å². The van der Waals surface area contributed by atoms with E-state index < -0.39 is 5.97 Å². The number of carbonyl (C=O) groups is 1. The molecule has 0 amide bonds. The summed E-state index contributed by atoms with van der Waals surface area (Å²) < 4.78 is 0. The second-order valence-corrected chi connectivity index (χ2v) is 6.74. The average molecular weight is 287 g/mol. The molecule has 1 saturated heterocycles. The first kappa shape index (κ1) is 14.6. The van der Waals surface area contributed by atoms with Gasteiger partial charge in [0, 0.05) is 19.1 Å². The van der Waals surface area contributed by atoms with Crippen molar-refractivity contribution in [2.24, 2.45) is 11.8 Å². The lowest BCUT2D eigenvalue weighted by Crippen LogP contribution is -2.40. The third-order valence-electron chi connectivity index (χ3n) is 5.38. The van der Waals surface area contributed by atoms with Gasteiger partial charge in [-0.05, 0) is 30.2 Å². The molecule has 1 N–H and O–H groups in total. The molecule has 1 aromatic rings. The molecule has 1 aliphatic carbocycles. The molecule has 1 saturated carbocycles. The molecule has 2 fully saturated rings. The number of aliphatic carboxylic acids is 1. The third-order valence-corrected chi connectivity index (χ3v) is 5.38. The van der Waals surface area contributed by atoms with Crippen LogP contribution in [0.1, 0.15) is 44.1 Å². The minimum atomic E-state index is -0.628. The van der Waals surface area contributed by atoms with Crippen molar-refractivity contribution in [3.8, 4) is 0 Å². The van der Waals surface area contributed by atoms with E-state index in [1.54, 1.807) is 0 Å². The fourth-order valence-corrected chi connectivity index (χ4v) is 4.23. The summed E-state index contributed by atoms with van der Waals surface area (Å²) in [6, 6.07) is 11.3. The number of carboxylic acid groups (broad SMARTS) is 1. The first-order valence-corrected chi connectivity index (χ1v) is 8.18. The Balaban J connectivity index is 1.78. The molecule has 1 heterocycles. The predicted octanol–water partition coefficient (Wildman–Crippen LogP) is 3.37. The normalized spacial score (nSPS) is 34.0. The van der Waals surface area contributed by atoms with Crippen LogP contribution in [-0.2, 0) is 4.79 Å². The second kappa shape index (κ2) is 6.18. The van der Waals surface area contributed by atoms with Crippen LogP contribution in [0.4, 0.5) is 0 Å². The van der Waals surface area contributed by atoms with Crippen LogP contribution in [0, 0.1) is 11.8 Å². The molecule has 0 bridgehead atoms.